The smallest absolute Gasteiger partial charge is 0.00736 e. The first-order valence-electron chi connectivity index (χ1n) is 8.10. The highest BCUT2D eigenvalue weighted by Gasteiger charge is 2.09. The summed E-state index contributed by atoms with van der Waals surface area (Å²) in [7, 11) is 0. The van der Waals surface area contributed by atoms with Crippen LogP contribution in [0.25, 0.3) is 0 Å². The van der Waals surface area contributed by atoms with Crippen molar-refractivity contribution in [2.75, 3.05) is 6.54 Å². The summed E-state index contributed by atoms with van der Waals surface area (Å²) in [5.41, 5.74) is 2.92. The average molecular weight is 301 g/mol. The second-order valence-electron chi connectivity index (χ2n) is 5.73. The Kier molecular flexibility index (Phi) is 6.98. The quantitative estimate of drug-likeness (QED) is 0.688. The van der Waals surface area contributed by atoms with Crippen LogP contribution >= 0.6 is 11.3 Å². The van der Waals surface area contributed by atoms with Gasteiger partial charge < -0.3 is 5.32 Å². The Hall–Kier alpha value is -1.12. The summed E-state index contributed by atoms with van der Waals surface area (Å²) in [6.07, 6.45) is 6.06. The fourth-order valence-corrected chi connectivity index (χ4v) is 3.41. The van der Waals surface area contributed by atoms with Gasteiger partial charge in [-0.2, -0.15) is 0 Å². The predicted octanol–water partition coefficient (Wildman–Crippen LogP) is 4.99. The first-order chi connectivity index (χ1) is 10.3. The standard InChI is InChI=1S/C19H27NS/c1-3-14-20-18(12-13-19-9-6-15-21-19)11-10-17-8-5-4-7-16(17)2/h4-9,15,18,20H,3,10-14H2,1-2H3. The SMILES string of the molecule is CCCNC(CCc1cccs1)CCc1ccccc1C. The maximum Gasteiger partial charge on any atom is 0.00736 e. The van der Waals surface area contributed by atoms with Gasteiger partial charge in [-0.25, -0.2) is 0 Å². The van der Waals surface area contributed by atoms with Crippen LogP contribution in [-0.4, -0.2) is 12.6 Å². The molecule has 1 heterocycles. The number of hydrogen-bond acceptors (Lipinski definition) is 2. The van der Waals surface area contributed by atoms with E-state index in [9.17, 15) is 0 Å². The van der Waals surface area contributed by atoms with Crippen LogP contribution in [0.1, 0.15) is 42.2 Å². The Bertz CT molecular complexity index is 504. The lowest BCUT2D eigenvalue weighted by Crippen LogP contribution is -2.30. The van der Waals surface area contributed by atoms with Crippen LogP contribution in [0.4, 0.5) is 0 Å². The molecule has 1 unspecified atom stereocenters. The molecule has 1 aromatic carbocycles. The zero-order chi connectivity index (χ0) is 14.9. The van der Waals surface area contributed by atoms with Crippen LogP contribution in [-0.2, 0) is 12.8 Å². The molecule has 1 aromatic heterocycles. The molecule has 0 spiro atoms. The van der Waals surface area contributed by atoms with E-state index in [1.807, 2.05) is 11.3 Å². The molecule has 0 amide bonds. The highest BCUT2D eigenvalue weighted by molar-refractivity contribution is 7.09. The third kappa shape index (κ3) is 5.64. The van der Waals surface area contributed by atoms with Crippen molar-refractivity contribution in [3.8, 4) is 0 Å². The van der Waals surface area contributed by atoms with Crippen molar-refractivity contribution in [3.63, 3.8) is 0 Å². The van der Waals surface area contributed by atoms with Crippen molar-refractivity contribution < 1.29 is 0 Å². The van der Waals surface area contributed by atoms with Gasteiger partial charge in [0.15, 0.2) is 0 Å². The van der Waals surface area contributed by atoms with E-state index in [1.165, 1.54) is 48.1 Å². The first kappa shape index (κ1) is 16.3. The summed E-state index contributed by atoms with van der Waals surface area (Å²) in [6.45, 7) is 5.59. The Morgan fingerprint density at radius 2 is 1.86 bits per heavy atom. The largest absolute Gasteiger partial charge is 0.314 e. The van der Waals surface area contributed by atoms with E-state index in [4.69, 9.17) is 0 Å². The maximum atomic E-state index is 3.73. The summed E-state index contributed by atoms with van der Waals surface area (Å²) >= 11 is 1.88. The number of thiophene rings is 1. The van der Waals surface area contributed by atoms with E-state index in [1.54, 1.807) is 0 Å². The van der Waals surface area contributed by atoms with Gasteiger partial charge >= 0.3 is 0 Å². The highest BCUT2D eigenvalue weighted by Crippen LogP contribution is 2.16. The van der Waals surface area contributed by atoms with Gasteiger partial charge in [-0.15, -0.1) is 11.3 Å². The van der Waals surface area contributed by atoms with Crippen molar-refractivity contribution in [1.82, 2.24) is 5.32 Å². The maximum absolute atomic E-state index is 3.73. The van der Waals surface area contributed by atoms with Gasteiger partial charge in [-0.05, 0) is 68.1 Å². The molecule has 21 heavy (non-hydrogen) atoms. The highest BCUT2D eigenvalue weighted by atomic mass is 32.1. The fourth-order valence-electron chi connectivity index (χ4n) is 2.69. The minimum atomic E-state index is 0.631. The molecule has 1 atom stereocenters. The van der Waals surface area contributed by atoms with E-state index in [2.05, 4.69) is 60.9 Å². The predicted molar refractivity (Wildman–Crippen MR) is 94.2 cm³/mol. The molecule has 2 aromatic rings. The van der Waals surface area contributed by atoms with Crippen LogP contribution < -0.4 is 5.32 Å². The van der Waals surface area contributed by atoms with Crippen LogP contribution in [0, 0.1) is 6.92 Å². The van der Waals surface area contributed by atoms with Crippen LogP contribution in [0.15, 0.2) is 41.8 Å². The van der Waals surface area contributed by atoms with Gasteiger partial charge in [-0.3, -0.25) is 0 Å². The van der Waals surface area contributed by atoms with Gasteiger partial charge in [0.1, 0.15) is 0 Å². The third-order valence-corrected chi connectivity index (χ3v) is 4.96. The molecule has 2 rings (SSSR count). The summed E-state index contributed by atoms with van der Waals surface area (Å²) in [6, 6.07) is 13.8. The molecule has 0 radical (unpaired) electrons. The van der Waals surface area contributed by atoms with Crippen molar-refractivity contribution in [2.24, 2.45) is 0 Å². The van der Waals surface area contributed by atoms with Gasteiger partial charge in [0, 0.05) is 10.9 Å². The topological polar surface area (TPSA) is 12.0 Å². The van der Waals surface area contributed by atoms with Crippen LogP contribution in [0.3, 0.4) is 0 Å². The van der Waals surface area contributed by atoms with E-state index in [-0.39, 0.29) is 0 Å². The molecule has 1 N–H and O–H groups in total. The molecule has 0 aliphatic rings. The normalized spacial score (nSPS) is 12.5. The zero-order valence-corrected chi connectivity index (χ0v) is 14.1. The van der Waals surface area contributed by atoms with E-state index >= 15 is 0 Å². The Balaban J connectivity index is 1.85. The number of hydrogen-bond donors (Lipinski definition) is 1. The third-order valence-electron chi connectivity index (χ3n) is 4.03. The molecule has 114 valence electrons. The number of nitrogens with one attached hydrogen (secondary N) is 1. The molecule has 0 aliphatic carbocycles. The van der Waals surface area contributed by atoms with Crippen molar-refractivity contribution in [3.05, 3.63) is 57.8 Å². The van der Waals surface area contributed by atoms with E-state index in [0.717, 1.165) is 6.54 Å². The number of aryl methyl sites for hydroxylation is 3. The minimum Gasteiger partial charge on any atom is -0.314 e. The molecule has 0 fully saturated rings. The van der Waals surface area contributed by atoms with Crippen LogP contribution in [0.5, 0.6) is 0 Å². The lowest BCUT2D eigenvalue weighted by molar-refractivity contribution is 0.454. The molecule has 1 nitrogen and oxygen atoms in total. The lowest BCUT2D eigenvalue weighted by Gasteiger charge is -2.19. The second kappa shape index (κ2) is 9.01. The van der Waals surface area contributed by atoms with Gasteiger partial charge in [0.05, 0.1) is 0 Å². The van der Waals surface area contributed by atoms with Crippen molar-refractivity contribution >= 4 is 11.3 Å². The first-order valence-corrected chi connectivity index (χ1v) is 8.98. The van der Waals surface area contributed by atoms with Gasteiger partial charge in [0.25, 0.3) is 0 Å². The van der Waals surface area contributed by atoms with E-state index in [0.29, 0.717) is 6.04 Å². The summed E-state index contributed by atoms with van der Waals surface area (Å²) < 4.78 is 0. The number of rotatable bonds is 9. The number of benzene rings is 1. The second-order valence-corrected chi connectivity index (χ2v) is 6.77. The average Bonchev–Trinajstić information content (AvgIpc) is 3.01. The Labute approximate surface area is 133 Å². The lowest BCUT2D eigenvalue weighted by atomic mass is 9.98. The monoisotopic (exact) mass is 301 g/mol. The van der Waals surface area contributed by atoms with Gasteiger partial charge in [0.2, 0.25) is 0 Å². The van der Waals surface area contributed by atoms with Crippen molar-refractivity contribution in [1.29, 1.82) is 0 Å². The molecule has 2 heteroatoms. The molecule has 0 saturated carbocycles. The Morgan fingerprint density at radius 1 is 1.05 bits per heavy atom. The molecular formula is C19H27NS. The van der Waals surface area contributed by atoms with Crippen molar-refractivity contribution in [2.45, 2.75) is 52.0 Å². The Morgan fingerprint density at radius 3 is 2.57 bits per heavy atom. The van der Waals surface area contributed by atoms with Gasteiger partial charge in [-0.1, -0.05) is 37.3 Å². The molecule has 0 aliphatic heterocycles. The zero-order valence-electron chi connectivity index (χ0n) is 13.3. The van der Waals surface area contributed by atoms with Crippen LogP contribution in [0.2, 0.25) is 0 Å². The molecule has 0 saturated heterocycles. The van der Waals surface area contributed by atoms with E-state index < -0.39 is 0 Å². The fraction of sp³-hybridized carbons (Fsp3) is 0.474. The molecular weight excluding hydrogens is 274 g/mol. The summed E-state index contributed by atoms with van der Waals surface area (Å²) in [5.74, 6) is 0. The molecule has 0 bridgehead atoms. The minimum absolute atomic E-state index is 0.631. The summed E-state index contributed by atoms with van der Waals surface area (Å²) in [4.78, 5) is 1.51. The summed E-state index contributed by atoms with van der Waals surface area (Å²) in [5, 5.41) is 5.90.